The van der Waals surface area contributed by atoms with Crippen LogP contribution >= 0.6 is 0 Å². The van der Waals surface area contributed by atoms with Gasteiger partial charge in [-0.15, -0.1) is 0 Å². The number of methoxy groups -OCH3 is 2. The average Bonchev–Trinajstić information content (AvgIpc) is 3.06. The summed E-state index contributed by atoms with van der Waals surface area (Å²) in [6.07, 6.45) is 1.96. The number of likely N-dealkylation sites (tertiary alicyclic amines) is 1. The molecule has 7 nitrogen and oxygen atoms in total. The smallest absolute Gasteiger partial charge is 0.239 e. The van der Waals surface area contributed by atoms with E-state index in [0.29, 0.717) is 0 Å². The van der Waals surface area contributed by atoms with Crippen LogP contribution in [0.5, 0.6) is 11.5 Å². The van der Waals surface area contributed by atoms with Crippen LogP contribution in [0.15, 0.2) is 18.2 Å². The number of carbonyl (C=O) groups is 2. The van der Waals surface area contributed by atoms with Crippen molar-refractivity contribution in [2.45, 2.75) is 38.8 Å². The molecule has 0 radical (unpaired) electrons. The lowest BCUT2D eigenvalue weighted by Gasteiger charge is -2.26. The summed E-state index contributed by atoms with van der Waals surface area (Å²) in [5.74, 6) is 1.22. The van der Waals surface area contributed by atoms with Crippen LogP contribution in [-0.2, 0) is 9.59 Å². The predicted octanol–water partition coefficient (Wildman–Crippen LogP) is 1.48. The zero-order chi connectivity index (χ0) is 19.1. The van der Waals surface area contributed by atoms with Crippen molar-refractivity contribution in [3.05, 3.63) is 23.8 Å². The Morgan fingerprint density at radius 2 is 2.00 bits per heavy atom. The molecule has 2 rings (SSSR count). The van der Waals surface area contributed by atoms with Gasteiger partial charge in [-0.25, -0.2) is 0 Å². The van der Waals surface area contributed by atoms with E-state index >= 15 is 0 Å². The minimum absolute atomic E-state index is 0.00198. The maximum absolute atomic E-state index is 12.3. The van der Waals surface area contributed by atoms with Crippen LogP contribution in [0, 0.1) is 0 Å². The monoisotopic (exact) mass is 363 g/mol. The van der Waals surface area contributed by atoms with Crippen molar-refractivity contribution in [1.82, 2.24) is 15.5 Å². The second kappa shape index (κ2) is 9.43. The average molecular weight is 363 g/mol. The van der Waals surface area contributed by atoms with E-state index in [-0.39, 0.29) is 37.0 Å². The van der Waals surface area contributed by atoms with Gasteiger partial charge >= 0.3 is 0 Å². The van der Waals surface area contributed by atoms with Crippen molar-refractivity contribution in [3.63, 3.8) is 0 Å². The van der Waals surface area contributed by atoms with Crippen molar-refractivity contribution < 1.29 is 19.1 Å². The molecule has 1 aliphatic heterocycles. The number of carbonyl (C=O) groups excluding carboxylic acids is 2. The van der Waals surface area contributed by atoms with E-state index in [2.05, 4.69) is 15.5 Å². The summed E-state index contributed by atoms with van der Waals surface area (Å²) >= 11 is 0. The number of ether oxygens (including phenoxy) is 2. The first kappa shape index (κ1) is 20.0. The Bertz CT molecular complexity index is 633. The first-order chi connectivity index (χ1) is 12.4. The quantitative estimate of drug-likeness (QED) is 0.731. The molecule has 1 aromatic rings. The minimum atomic E-state index is -0.180. The predicted molar refractivity (Wildman–Crippen MR) is 99.4 cm³/mol. The standard InChI is InChI=1S/C19H29N3O4/c1-13(2)21-18(23)11-20-19(24)12-22-9-5-6-16(22)15-10-14(25-3)7-8-17(15)26-4/h7-8,10,13,16H,5-6,9,11-12H2,1-4H3,(H,20,24)(H,21,23)/t16-/m1/s1. The highest BCUT2D eigenvalue weighted by Gasteiger charge is 2.30. The lowest BCUT2D eigenvalue weighted by atomic mass is 10.0. The summed E-state index contributed by atoms with van der Waals surface area (Å²) in [4.78, 5) is 26.0. The lowest BCUT2D eigenvalue weighted by molar-refractivity contribution is -0.127. The van der Waals surface area contributed by atoms with Gasteiger partial charge in [0.2, 0.25) is 11.8 Å². The third-order valence-electron chi connectivity index (χ3n) is 4.40. The normalized spacial score (nSPS) is 17.2. The van der Waals surface area contributed by atoms with Gasteiger partial charge in [0, 0.05) is 17.6 Å². The molecule has 7 heteroatoms. The zero-order valence-electron chi connectivity index (χ0n) is 16.0. The fourth-order valence-electron chi connectivity index (χ4n) is 3.26. The van der Waals surface area contributed by atoms with Gasteiger partial charge < -0.3 is 20.1 Å². The lowest BCUT2D eigenvalue weighted by Crippen LogP contribution is -2.43. The molecule has 1 aliphatic rings. The third-order valence-corrected chi connectivity index (χ3v) is 4.40. The van der Waals surface area contributed by atoms with E-state index in [1.165, 1.54) is 0 Å². The number of nitrogens with zero attached hydrogens (tertiary/aromatic N) is 1. The summed E-state index contributed by atoms with van der Waals surface area (Å²) in [5, 5.41) is 5.45. The molecule has 0 bridgehead atoms. The van der Waals surface area contributed by atoms with Crippen molar-refractivity contribution >= 4 is 11.8 Å². The molecule has 1 fully saturated rings. The molecule has 144 valence electrons. The molecule has 1 heterocycles. The van der Waals surface area contributed by atoms with E-state index < -0.39 is 0 Å². The first-order valence-electron chi connectivity index (χ1n) is 8.96. The second-order valence-corrected chi connectivity index (χ2v) is 6.74. The maximum atomic E-state index is 12.3. The summed E-state index contributed by atoms with van der Waals surface area (Å²) < 4.78 is 10.8. The van der Waals surface area contributed by atoms with Crippen molar-refractivity contribution in [2.24, 2.45) is 0 Å². The van der Waals surface area contributed by atoms with Crippen molar-refractivity contribution in [2.75, 3.05) is 33.9 Å². The largest absolute Gasteiger partial charge is 0.497 e. The van der Waals surface area contributed by atoms with Gasteiger partial charge in [-0.3, -0.25) is 14.5 Å². The van der Waals surface area contributed by atoms with E-state index in [9.17, 15) is 9.59 Å². The molecule has 0 aromatic heterocycles. The number of amides is 2. The minimum Gasteiger partial charge on any atom is -0.497 e. The molecule has 1 atom stereocenters. The number of nitrogens with one attached hydrogen (secondary N) is 2. The Kier molecular flexibility index (Phi) is 7.26. The van der Waals surface area contributed by atoms with E-state index in [0.717, 1.165) is 36.4 Å². The van der Waals surface area contributed by atoms with Gasteiger partial charge in [0.05, 0.1) is 27.3 Å². The number of hydrogen-bond acceptors (Lipinski definition) is 5. The van der Waals surface area contributed by atoms with Crippen molar-refractivity contribution in [3.8, 4) is 11.5 Å². The number of hydrogen-bond donors (Lipinski definition) is 2. The summed E-state index contributed by atoms with van der Waals surface area (Å²) in [5.41, 5.74) is 1.02. The number of rotatable bonds is 8. The van der Waals surface area contributed by atoms with Gasteiger partial charge in [-0.05, 0) is 51.4 Å². The fourth-order valence-corrected chi connectivity index (χ4v) is 3.26. The summed E-state index contributed by atoms with van der Waals surface area (Å²) in [7, 11) is 3.28. The fraction of sp³-hybridized carbons (Fsp3) is 0.579. The molecular weight excluding hydrogens is 334 g/mol. The van der Waals surface area contributed by atoms with Crippen LogP contribution in [-0.4, -0.2) is 56.6 Å². The first-order valence-corrected chi connectivity index (χ1v) is 8.96. The van der Waals surface area contributed by atoms with Gasteiger partial charge in [0.15, 0.2) is 0 Å². The van der Waals surface area contributed by atoms with Crippen LogP contribution in [0.4, 0.5) is 0 Å². The molecule has 0 aliphatic carbocycles. The molecule has 0 unspecified atom stereocenters. The summed E-state index contributed by atoms with van der Waals surface area (Å²) in [6, 6.07) is 5.87. The van der Waals surface area contributed by atoms with Crippen LogP contribution < -0.4 is 20.1 Å². The van der Waals surface area contributed by atoms with E-state index in [1.807, 2.05) is 32.0 Å². The zero-order valence-corrected chi connectivity index (χ0v) is 16.0. The SMILES string of the molecule is COc1ccc(OC)c([C@H]2CCCN2CC(=O)NCC(=O)NC(C)C)c1. The Labute approximate surface area is 155 Å². The van der Waals surface area contributed by atoms with Crippen LogP contribution in [0.2, 0.25) is 0 Å². The van der Waals surface area contributed by atoms with Gasteiger partial charge in [-0.1, -0.05) is 0 Å². The van der Waals surface area contributed by atoms with E-state index in [1.54, 1.807) is 14.2 Å². The van der Waals surface area contributed by atoms with Crippen LogP contribution in [0.25, 0.3) is 0 Å². The molecule has 2 N–H and O–H groups in total. The summed E-state index contributed by atoms with van der Waals surface area (Å²) in [6.45, 7) is 4.85. The molecular formula is C19H29N3O4. The molecule has 1 aromatic carbocycles. The molecule has 0 spiro atoms. The molecule has 1 saturated heterocycles. The molecule has 0 saturated carbocycles. The molecule has 2 amide bonds. The second-order valence-electron chi connectivity index (χ2n) is 6.74. The Hall–Kier alpha value is -2.28. The highest BCUT2D eigenvalue weighted by atomic mass is 16.5. The third kappa shape index (κ3) is 5.36. The Morgan fingerprint density at radius 3 is 2.65 bits per heavy atom. The van der Waals surface area contributed by atoms with Gasteiger partial charge in [0.25, 0.3) is 0 Å². The maximum Gasteiger partial charge on any atom is 0.239 e. The van der Waals surface area contributed by atoms with E-state index in [4.69, 9.17) is 9.47 Å². The Balaban J connectivity index is 2.00. The molecule has 26 heavy (non-hydrogen) atoms. The van der Waals surface area contributed by atoms with Crippen LogP contribution in [0.3, 0.4) is 0 Å². The van der Waals surface area contributed by atoms with Gasteiger partial charge in [-0.2, -0.15) is 0 Å². The highest BCUT2D eigenvalue weighted by molar-refractivity contribution is 5.85. The van der Waals surface area contributed by atoms with Crippen molar-refractivity contribution in [1.29, 1.82) is 0 Å². The van der Waals surface area contributed by atoms with Crippen LogP contribution in [0.1, 0.15) is 38.3 Å². The topological polar surface area (TPSA) is 79.9 Å². The number of benzene rings is 1. The highest BCUT2D eigenvalue weighted by Crippen LogP contribution is 2.38. The van der Waals surface area contributed by atoms with Gasteiger partial charge in [0.1, 0.15) is 11.5 Å². The Morgan fingerprint density at radius 1 is 1.23 bits per heavy atom.